The predicted molar refractivity (Wildman–Crippen MR) is 191 cm³/mol. The van der Waals surface area contributed by atoms with Crippen LogP contribution in [0.25, 0.3) is 72.8 Å². The molecule has 0 radical (unpaired) electrons. The van der Waals surface area contributed by atoms with Crippen molar-refractivity contribution in [3.63, 3.8) is 0 Å². The highest BCUT2D eigenvalue weighted by molar-refractivity contribution is 6.11. The fraction of sp³-hybridized carbons (Fsp3) is 0.0476. The molecule has 2 aromatic heterocycles. The molecule has 2 heterocycles. The smallest absolute Gasteiger partial charge is 0.308 e. The number of aromatic nitrogens is 4. The Labute approximate surface area is 298 Å². The first-order chi connectivity index (χ1) is 25.5. The molecule has 0 aliphatic rings. The minimum atomic E-state index is -4.99. The fourth-order valence-corrected chi connectivity index (χ4v) is 6.44. The van der Waals surface area contributed by atoms with Crippen LogP contribution in [0.4, 0.5) is 26.3 Å². The third-order valence-corrected chi connectivity index (χ3v) is 8.90. The summed E-state index contributed by atoms with van der Waals surface area (Å²) in [5, 5.41) is 11.3. The molecule has 258 valence electrons. The number of hydrogen-bond donors (Lipinski definition) is 0. The Balaban J connectivity index is 1.38. The van der Waals surface area contributed by atoms with Crippen LogP contribution < -0.4 is 0 Å². The van der Waals surface area contributed by atoms with Crippen molar-refractivity contribution in [1.29, 1.82) is 5.26 Å². The first kappa shape index (κ1) is 33.3. The van der Waals surface area contributed by atoms with Crippen LogP contribution >= 0.6 is 0 Å². The van der Waals surface area contributed by atoms with Crippen LogP contribution in [-0.2, 0) is 12.4 Å². The van der Waals surface area contributed by atoms with E-state index >= 15 is 0 Å². The van der Waals surface area contributed by atoms with E-state index in [4.69, 9.17) is 15.0 Å². The van der Waals surface area contributed by atoms with Gasteiger partial charge in [-0.3, -0.25) is 0 Å². The van der Waals surface area contributed by atoms with Gasteiger partial charge in [0.2, 0.25) is 0 Å². The van der Waals surface area contributed by atoms with Crippen LogP contribution in [-0.4, -0.2) is 19.5 Å². The molecular weight excluding hydrogens is 688 g/mol. The van der Waals surface area contributed by atoms with Crippen molar-refractivity contribution in [3.8, 4) is 57.0 Å². The average molecular weight is 712 g/mol. The Hall–Kier alpha value is -6.80. The van der Waals surface area contributed by atoms with Crippen LogP contribution in [0.2, 0.25) is 0 Å². The van der Waals surface area contributed by atoms with Gasteiger partial charge in [0.1, 0.15) is 0 Å². The van der Waals surface area contributed by atoms with Crippen LogP contribution in [0.15, 0.2) is 140 Å². The van der Waals surface area contributed by atoms with Gasteiger partial charge in [-0.25, -0.2) is 15.0 Å². The van der Waals surface area contributed by atoms with Crippen molar-refractivity contribution >= 4 is 21.8 Å². The van der Waals surface area contributed by atoms with E-state index in [0.717, 1.165) is 23.3 Å². The number of fused-ring (bicyclic) bond motifs is 3. The molecule has 5 nitrogen and oxygen atoms in total. The van der Waals surface area contributed by atoms with E-state index in [1.807, 2.05) is 83.4 Å². The van der Waals surface area contributed by atoms with Gasteiger partial charge in [0.15, 0.2) is 17.5 Å². The topological polar surface area (TPSA) is 67.4 Å². The second-order valence-corrected chi connectivity index (χ2v) is 12.3. The van der Waals surface area contributed by atoms with E-state index in [9.17, 15) is 31.6 Å². The van der Waals surface area contributed by atoms with Crippen LogP contribution in [0.5, 0.6) is 0 Å². The van der Waals surface area contributed by atoms with Crippen molar-refractivity contribution in [2.75, 3.05) is 0 Å². The molecule has 0 unspecified atom stereocenters. The maximum absolute atomic E-state index is 13.8. The molecule has 8 rings (SSSR count). The van der Waals surface area contributed by atoms with Gasteiger partial charge in [-0.2, -0.15) is 31.6 Å². The second-order valence-electron chi connectivity index (χ2n) is 12.3. The van der Waals surface area contributed by atoms with E-state index in [1.54, 1.807) is 36.4 Å². The normalized spacial score (nSPS) is 11.9. The Morgan fingerprint density at radius 3 is 1.60 bits per heavy atom. The zero-order chi connectivity index (χ0) is 36.9. The van der Waals surface area contributed by atoms with E-state index in [2.05, 4.69) is 6.07 Å². The lowest BCUT2D eigenvalue weighted by Crippen LogP contribution is -2.11. The van der Waals surface area contributed by atoms with Gasteiger partial charge in [-0.15, -0.1) is 0 Å². The summed E-state index contributed by atoms with van der Waals surface area (Å²) < 4.78 is 84.6. The molecule has 8 aromatic rings. The highest BCUT2D eigenvalue weighted by Gasteiger charge is 2.37. The molecule has 0 aliphatic carbocycles. The average Bonchev–Trinajstić information content (AvgIpc) is 3.51. The summed E-state index contributed by atoms with van der Waals surface area (Å²) in [6.07, 6.45) is -9.98. The third-order valence-electron chi connectivity index (χ3n) is 8.90. The lowest BCUT2D eigenvalue weighted by molar-refractivity contribution is -0.143. The van der Waals surface area contributed by atoms with Crippen LogP contribution in [0.3, 0.4) is 0 Å². The zero-order valence-electron chi connectivity index (χ0n) is 27.3. The fourth-order valence-electron chi connectivity index (χ4n) is 6.44. The number of rotatable bonds is 5. The Kier molecular flexibility index (Phi) is 8.03. The first-order valence-electron chi connectivity index (χ1n) is 16.2. The molecule has 0 spiro atoms. The van der Waals surface area contributed by atoms with Crippen molar-refractivity contribution < 1.29 is 26.3 Å². The molecule has 0 amide bonds. The van der Waals surface area contributed by atoms with Gasteiger partial charge < -0.3 is 4.57 Å². The number of para-hydroxylation sites is 1. The number of benzene rings is 6. The minimum absolute atomic E-state index is 0.116. The molecular formula is C42H23F6N5. The molecule has 6 aromatic carbocycles. The zero-order valence-corrected chi connectivity index (χ0v) is 27.3. The van der Waals surface area contributed by atoms with Crippen molar-refractivity contribution in [1.82, 2.24) is 19.5 Å². The van der Waals surface area contributed by atoms with Crippen molar-refractivity contribution in [3.05, 3.63) is 156 Å². The standard InChI is InChI=1S/C42H23F6N5/c43-41(44,45)30-20-29(21-31(23-30)42(46,47)48)28-16-18-36-34(22-28)32-13-7-8-14-35(32)53(36)37-19-25(24-49)15-17-33(37)40-51-38(26-9-3-1-4-10-26)50-39(52-40)27-11-5-2-6-12-27/h1-23H. The van der Waals surface area contributed by atoms with Gasteiger partial charge in [-0.05, 0) is 65.7 Å². The van der Waals surface area contributed by atoms with E-state index in [0.29, 0.717) is 56.1 Å². The summed E-state index contributed by atoms with van der Waals surface area (Å²) in [4.78, 5) is 14.6. The molecule has 0 atom stereocenters. The molecule has 0 saturated carbocycles. The summed E-state index contributed by atoms with van der Waals surface area (Å²) in [7, 11) is 0. The molecule has 53 heavy (non-hydrogen) atoms. The number of alkyl halides is 6. The predicted octanol–water partition coefficient (Wildman–Crippen LogP) is 11.5. The number of nitrogens with zero attached hydrogens (tertiary/aromatic N) is 5. The summed E-state index contributed by atoms with van der Waals surface area (Å²) in [5.74, 6) is 1.18. The van der Waals surface area contributed by atoms with E-state index in [1.165, 1.54) is 6.07 Å². The van der Waals surface area contributed by atoms with E-state index in [-0.39, 0.29) is 17.2 Å². The van der Waals surface area contributed by atoms with Crippen LogP contribution in [0.1, 0.15) is 16.7 Å². The highest BCUT2D eigenvalue weighted by atomic mass is 19.4. The number of nitriles is 1. The molecule has 0 fully saturated rings. The first-order valence-corrected chi connectivity index (χ1v) is 16.2. The van der Waals surface area contributed by atoms with Gasteiger partial charge in [0.05, 0.1) is 39.5 Å². The largest absolute Gasteiger partial charge is 0.416 e. The SMILES string of the molecule is N#Cc1ccc(-c2nc(-c3ccccc3)nc(-c3ccccc3)n2)c(-n2c3ccccc3c3cc(-c4cc(C(F)(F)F)cc(C(F)(F)F)c4)ccc32)c1. The van der Waals surface area contributed by atoms with Gasteiger partial charge in [0, 0.05) is 27.5 Å². The molecule has 0 bridgehead atoms. The molecule has 0 N–H and O–H groups in total. The summed E-state index contributed by atoms with van der Waals surface area (Å²) in [6, 6.07) is 39.7. The maximum Gasteiger partial charge on any atom is 0.416 e. The van der Waals surface area contributed by atoms with E-state index < -0.39 is 23.5 Å². The van der Waals surface area contributed by atoms with Gasteiger partial charge >= 0.3 is 12.4 Å². The second kappa shape index (κ2) is 12.8. The molecule has 0 aliphatic heterocycles. The van der Waals surface area contributed by atoms with Crippen molar-refractivity contribution in [2.45, 2.75) is 12.4 Å². The Bertz CT molecular complexity index is 2620. The Morgan fingerprint density at radius 2 is 1.02 bits per heavy atom. The molecule has 0 saturated heterocycles. The minimum Gasteiger partial charge on any atom is -0.308 e. The monoisotopic (exact) mass is 711 g/mol. The maximum atomic E-state index is 13.8. The van der Waals surface area contributed by atoms with Crippen LogP contribution in [0, 0.1) is 11.3 Å². The molecule has 11 heteroatoms. The summed E-state index contributed by atoms with van der Waals surface area (Å²) in [6.45, 7) is 0. The van der Waals surface area contributed by atoms with Gasteiger partial charge in [0.25, 0.3) is 0 Å². The third kappa shape index (κ3) is 6.25. The lowest BCUT2D eigenvalue weighted by Gasteiger charge is -2.16. The quantitative estimate of drug-likeness (QED) is 0.167. The van der Waals surface area contributed by atoms with Gasteiger partial charge in [-0.1, -0.05) is 84.9 Å². The Morgan fingerprint density at radius 1 is 0.472 bits per heavy atom. The summed E-state index contributed by atoms with van der Waals surface area (Å²) in [5.41, 5.74) is 1.36. The van der Waals surface area contributed by atoms with Crippen molar-refractivity contribution in [2.24, 2.45) is 0 Å². The summed E-state index contributed by atoms with van der Waals surface area (Å²) >= 11 is 0. The lowest BCUT2D eigenvalue weighted by atomic mass is 9.97. The number of hydrogen-bond acceptors (Lipinski definition) is 4. The highest BCUT2D eigenvalue weighted by Crippen LogP contribution is 2.41. The number of halogens is 6.